The van der Waals surface area contributed by atoms with E-state index < -0.39 is 0 Å². The van der Waals surface area contributed by atoms with E-state index in [9.17, 15) is 4.79 Å². The first-order valence-electron chi connectivity index (χ1n) is 4.98. The quantitative estimate of drug-likeness (QED) is 0.812. The molecule has 1 amide bonds. The lowest BCUT2D eigenvalue weighted by Crippen LogP contribution is -2.27. The predicted molar refractivity (Wildman–Crippen MR) is 58.7 cm³/mol. The highest BCUT2D eigenvalue weighted by atomic mass is 16.1. The summed E-state index contributed by atoms with van der Waals surface area (Å²) in [5, 5.41) is 9.38. The molecule has 1 unspecified atom stereocenters. The van der Waals surface area contributed by atoms with Gasteiger partial charge in [-0.15, -0.1) is 0 Å². The first kappa shape index (κ1) is 10.4. The molecule has 0 bridgehead atoms. The number of carbonyl (C=O) groups excluding carboxylic acids is 1. The monoisotopic (exact) mass is 216 g/mol. The first-order valence-corrected chi connectivity index (χ1v) is 4.98. The molecule has 0 aliphatic carbocycles. The Kier molecular flexibility index (Phi) is 2.95. The Morgan fingerprint density at radius 2 is 2.38 bits per heavy atom. The minimum atomic E-state index is -0.186. The fourth-order valence-electron chi connectivity index (χ4n) is 1.35. The zero-order valence-corrected chi connectivity index (χ0v) is 8.84. The summed E-state index contributed by atoms with van der Waals surface area (Å²) in [6.45, 7) is 1.89. The number of hydrogen-bond acceptors (Lipinski definition) is 3. The molecular formula is C11H12N4O. The summed E-state index contributed by atoms with van der Waals surface area (Å²) in [5.41, 5.74) is 1.35. The molecule has 16 heavy (non-hydrogen) atoms. The van der Waals surface area contributed by atoms with Crippen molar-refractivity contribution in [3.8, 4) is 0 Å². The number of carbonyl (C=O) groups is 1. The van der Waals surface area contributed by atoms with Gasteiger partial charge in [0.05, 0.1) is 12.2 Å². The van der Waals surface area contributed by atoms with Gasteiger partial charge in [0.15, 0.2) is 0 Å². The molecule has 0 spiro atoms. The maximum absolute atomic E-state index is 11.7. The summed E-state index contributed by atoms with van der Waals surface area (Å²) in [7, 11) is 0. The van der Waals surface area contributed by atoms with Gasteiger partial charge in [0.25, 0.3) is 5.91 Å². The average Bonchev–Trinajstić information content (AvgIpc) is 2.83. The van der Waals surface area contributed by atoms with Crippen LogP contribution in [0.3, 0.4) is 0 Å². The number of aromatic nitrogens is 3. The van der Waals surface area contributed by atoms with Crippen LogP contribution in [0.4, 0.5) is 0 Å². The molecule has 0 aliphatic heterocycles. The molecule has 2 aromatic heterocycles. The van der Waals surface area contributed by atoms with Crippen LogP contribution in [-0.2, 0) is 0 Å². The maximum Gasteiger partial charge on any atom is 0.270 e. The molecule has 5 heteroatoms. The molecule has 0 radical (unpaired) electrons. The summed E-state index contributed by atoms with van der Waals surface area (Å²) in [4.78, 5) is 15.7. The van der Waals surface area contributed by atoms with Crippen LogP contribution in [0.15, 0.2) is 36.8 Å². The first-order chi connectivity index (χ1) is 7.77. The van der Waals surface area contributed by atoms with Crippen molar-refractivity contribution in [3.63, 3.8) is 0 Å². The molecule has 0 aliphatic rings. The molecule has 82 valence electrons. The van der Waals surface area contributed by atoms with Crippen molar-refractivity contribution in [2.75, 3.05) is 0 Å². The van der Waals surface area contributed by atoms with Crippen molar-refractivity contribution >= 4 is 5.91 Å². The van der Waals surface area contributed by atoms with Crippen LogP contribution in [0.1, 0.15) is 29.0 Å². The Bertz CT molecular complexity index is 452. The molecule has 2 aromatic rings. The smallest absolute Gasteiger partial charge is 0.270 e. The van der Waals surface area contributed by atoms with Crippen molar-refractivity contribution in [2.24, 2.45) is 0 Å². The van der Waals surface area contributed by atoms with Crippen LogP contribution < -0.4 is 5.32 Å². The summed E-state index contributed by atoms with van der Waals surface area (Å²) in [6, 6.07) is 5.14. The lowest BCUT2D eigenvalue weighted by Gasteiger charge is -2.11. The van der Waals surface area contributed by atoms with Gasteiger partial charge in [-0.2, -0.15) is 5.10 Å². The van der Waals surface area contributed by atoms with Gasteiger partial charge in [0.1, 0.15) is 5.69 Å². The minimum absolute atomic E-state index is 0.0896. The molecule has 0 fully saturated rings. The van der Waals surface area contributed by atoms with E-state index in [2.05, 4.69) is 20.5 Å². The Labute approximate surface area is 92.9 Å². The summed E-state index contributed by atoms with van der Waals surface area (Å²) in [6.07, 6.45) is 5.03. The second-order valence-electron chi connectivity index (χ2n) is 3.44. The van der Waals surface area contributed by atoms with Crippen LogP contribution in [0.2, 0.25) is 0 Å². The fourth-order valence-corrected chi connectivity index (χ4v) is 1.35. The van der Waals surface area contributed by atoms with Crippen LogP contribution in [0.25, 0.3) is 0 Å². The van der Waals surface area contributed by atoms with Crippen LogP contribution in [-0.4, -0.2) is 21.1 Å². The minimum Gasteiger partial charge on any atom is -0.344 e. The van der Waals surface area contributed by atoms with Crippen LogP contribution in [0, 0.1) is 0 Å². The lowest BCUT2D eigenvalue weighted by atomic mass is 10.2. The molecule has 2 heterocycles. The van der Waals surface area contributed by atoms with Crippen molar-refractivity contribution < 1.29 is 4.79 Å². The lowest BCUT2D eigenvalue weighted by molar-refractivity contribution is 0.0935. The van der Waals surface area contributed by atoms with E-state index in [1.54, 1.807) is 36.8 Å². The molecule has 5 nitrogen and oxygen atoms in total. The van der Waals surface area contributed by atoms with E-state index in [1.165, 1.54) is 0 Å². The standard InChI is InChI=1S/C11H12N4O/c1-8(9-6-13-14-7-9)15-11(16)10-4-2-3-5-12-10/h2-8H,1H3,(H,13,14)(H,15,16). The third kappa shape index (κ3) is 2.25. The summed E-state index contributed by atoms with van der Waals surface area (Å²) < 4.78 is 0. The van der Waals surface area contributed by atoms with Crippen molar-refractivity contribution in [1.82, 2.24) is 20.5 Å². The molecular weight excluding hydrogens is 204 g/mol. The number of nitrogens with one attached hydrogen (secondary N) is 2. The number of H-pyrrole nitrogens is 1. The van der Waals surface area contributed by atoms with E-state index in [4.69, 9.17) is 0 Å². The molecule has 0 saturated carbocycles. The number of hydrogen-bond donors (Lipinski definition) is 2. The van der Waals surface area contributed by atoms with Gasteiger partial charge in [-0.3, -0.25) is 14.9 Å². The highest BCUT2D eigenvalue weighted by Crippen LogP contribution is 2.09. The van der Waals surface area contributed by atoms with E-state index in [0.717, 1.165) is 5.56 Å². The Balaban J connectivity index is 2.03. The van der Waals surface area contributed by atoms with Gasteiger partial charge in [-0.25, -0.2) is 0 Å². The average molecular weight is 216 g/mol. The van der Waals surface area contributed by atoms with Crippen LogP contribution >= 0.6 is 0 Å². The second kappa shape index (κ2) is 4.57. The number of aromatic amines is 1. The Morgan fingerprint density at radius 3 is 3.00 bits per heavy atom. The molecule has 0 aromatic carbocycles. The highest BCUT2D eigenvalue weighted by Gasteiger charge is 2.12. The zero-order chi connectivity index (χ0) is 11.4. The number of amides is 1. The Hall–Kier alpha value is -2.17. The van der Waals surface area contributed by atoms with E-state index in [1.807, 2.05) is 6.92 Å². The predicted octanol–water partition coefficient (Wildman–Crippen LogP) is 1.30. The highest BCUT2D eigenvalue weighted by molar-refractivity contribution is 5.92. The molecule has 2 rings (SSSR count). The molecule has 1 atom stereocenters. The topological polar surface area (TPSA) is 70.7 Å². The third-order valence-electron chi connectivity index (χ3n) is 2.26. The SMILES string of the molecule is CC(NC(=O)c1ccccn1)c1cn[nH]c1. The fraction of sp³-hybridized carbons (Fsp3) is 0.182. The van der Waals surface area contributed by atoms with Gasteiger partial charge in [0, 0.05) is 18.0 Å². The largest absolute Gasteiger partial charge is 0.344 e. The maximum atomic E-state index is 11.7. The van der Waals surface area contributed by atoms with Crippen LogP contribution in [0.5, 0.6) is 0 Å². The normalized spacial score (nSPS) is 12.1. The van der Waals surface area contributed by atoms with Gasteiger partial charge in [-0.05, 0) is 19.1 Å². The summed E-state index contributed by atoms with van der Waals surface area (Å²) in [5.74, 6) is -0.186. The van der Waals surface area contributed by atoms with Crippen molar-refractivity contribution in [3.05, 3.63) is 48.0 Å². The number of nitrogens with zero attached hydrogens (tertiary/aromatic N) is 2. The van der Waals surface area contributed by atoms with E-state index in [-0.39, 0.29) is 11.9 Å². The molecule has 0 saturated heterocycles. The van der Waals surface area contributed by atoms with Gasteiger partial charge >= 0.3 is 0 Å². The third-order valence-corrected chi connectivity index (χ3v) is 2.26. The van der Waals surface area contributed by atoms with Crippen molar-refractivity contribution in [2.45, 2.75) is 13.0 Å². The van der Waals surface area contributed by atoms with Crippen molar-refractivity contribution in [1.29, 1.82) is 0 Å². The molecule has 2 N–H and O–H groups in total. The number of rotatable bonds is 3. The van der Waals surface area contributed by atoms with Gasteiger partial charge in [0.2, 0.25) is 0 Å². The second-order valence-corrected chi connectivity index (χ2v) is 3.44. The summed E-state index contributed by atoms with van der Waals surface area (Å²) >= 11 is 0. The van der Waals surface area contributed by atoms with Gasteiger partial charge < -0.3 is 5.32 Å². The number of pyridine rings is 1. The van der Waals surface area contributed by atoms with Gasteiger partial charge in [-0.1, -0.05) is 6.07 Å². The zero-order valence-electron chi connectivity index (χ0n) is 8.84. The van der Waals surface area contributed by atoms with E-state index in [0.29, 0.717) is 5.69 Å². The van der Waals surface area contributed by atoms with E-state index >= 15 is 0 Å². The Morgan fingerprint density at radius 1 is 1.50 bits per heavy atom.